The average molecular weight is 295 g/mol. The van der Waals surface area contributed by atoms with Gasteiger partial charge in [-0.3, -0.25) is 9.59 Å². The lowest BCUT2D eigenvalue weighted by molar-refractivity contribution is -0.145. The van der Waals surface area contributed by atoms with Crippen molar-refractivity contribution in [3.8, 4) is 0 Å². The molecular formula is C16H29N3O2. The van der Waals surface area contributed by atoms with Gasteiger partial charge in [0.1, 0.15) is 6.04 Å². The predicted octanol–water partition coefficient (Wildman–Crippen LogP) is 1.09. The monoisotopic (exact) mass is 295 g/mol. The van der Waals surface area contributed by atoms with Crippen molar-refractivity contribution in [2.24, 2.45) is 11.8 Å². The minimum absolute atomic E-state index is 0.00811. The molecule has 0 aromatic carbocycles. The maximum Gasteiger partial charge on any atom is 0.245 e. The lowest BCUT2D eigenvalue weighted by Gasteiger charge is -2.38. The molecule has 2 heterocycles. The fraction of sp³-hybridized carbons (Fsp3) is 0.875. The van der Waals surface area contributed by atoms with Crippen molar-refractivity contribution >= 4 is 11.8 Å². The molecule has 2 saturated heterocycles. The first-order valence-electron chi connectivity index (χ1n) is 8.30. The second-order valence-corrected chi connectivity index (χ2v) is 6.85. The molecule has 2 rings (SSSR count). The molecule has 0 bridgehead atoms. The van der Waals surface area contributed by atoms with E-state index < -0.39 is 0 Å². The second kappa shape index (κ2) is 7.25. The molecule has 0 aromatic rings. The van der Waals surface area contributed by atoms with Gasteiger partial charge in [-0.1, -0.05) is 20.8 Å². The van der Waals surface area contributed by atoms with Crippen molar-refractivity contribution in [3.05, 3.63) is 0 Å². The van der Waals surface area contributed by atoms with Crippen LogP contribution in [0.25, 0.3) is 0 Å². The highest BCUT2D eigenvalue weighted by atomic mass is 16.2. The van der Waals surface area contributed by atoms with Crippen LogP contribution in [0.2, 0.25) is 0 Å². The highest BCUT2D eigenvalue weighted by Gasteiger charge is 2.34. The third-order valence-electron chi connectivity index (χ3n) is 4.62. The molecule has 120 valence electrons. The van der Waals surface area contributed by atoms with Gasteiger partial charge in [-0.15, -0.1) is 0 Å². The Bertz CT molecular complexity index is 376. The smallest absolute Gasteiger partial charge is 0.245 e. The van der Waals surface area contributed by atoms with Gasteiger partial charge < -0.3 is 15.1 Å². The first-order valence-corrected chi connectivity index (χ1v) is 8.30. The third-order valence-corrected chi connectivity index (χ3v) is 4.62. The Morgan fingerprint density at radius 2 is 1.90 bits per heavy atom. The number of piperazine rings is 1. The Morgan fingerprint density at radius 1 is 1.24 bits per heavy atom. The van der Waals surface area contributed by atoms with E-state index in [2.05, 4.69) is 31.0 Å². The van der Waals surface area contributed by atoms with Crippen LogP contribution in [0, 0.1) is 11.8 Å². The molecule has 1 unspecified atom stereocenters. The van der Waals surface area contributed by atoms with Crippen molar-refractivity contribution in [1.29, 1.82) is 0 Å². The number of hydrogen-bond donors (Lipinski definition) is 1. The predicted molar refractivity (Wildman–Crippen MR) is 82.8 cm³/mol. The summed E-state index contributed by atoms with van der Waals surface area (Å²) in [4.78, 5) is 28.6. The van der Waals surface area contributed by atoms with Crippen LogP contribution in [0.4, 0.5) is 0 Å². The van der Waals surface area contributed by atoms with Crippen LogP contribution in [0.15, 0.2) is 0 Å². The van der Waals surface area contributed by atoms with Crippen molar-refractivity contribution < 1.29 is 9.59 Å². The van der Waals surface area contributed by atoms with E-state index in [-0.39, 0.29) is 24.4 Å². The zero-order valence-corrected chi connectivity index (χ0v) is 13.6. The van der Waals surface area contributed by atoms with E-state index in [1.807, 2.05) is 0 Å². The van der Waals surface area contributed by atoms with Crippen molar-refractivity contribution in [1.82, 2.24) is 15.1 Å². The number of amides is 2. The van der Waals surface area contributed by atoms with E-state index in [4.69, 9.17) is 0 Å². The van der Waals surface area contributed by atoms with Crippen LogP contribution < -0.4 is 5.32 Å². The summed E-state index contributed by atoms with van der Waals surface area (Å²) in [6, 6.07) is -0.318. The molecule has 0 spiro atoms. The highest BCUT2D eigenvalue weighted by Crippen LogP contribution is 2.20. The van der Waals surface area contributed by atoms with Crippen molar-refractivity contribution in [2.45, 2.75) is 46.1 Å². The molecule has 0 radical (unpaired) electrons. The number of carbonyl (C=O) groups excluding carboxylic acids is 2. The number of likely N-dealkylation sites (tertiary alicyclic amines) is 1. The van der Waals surface area contributed by atoms with Gasteiger partial charge in [-0.2, -0.15) is 0 Å². The molecule has 1 N–H and O–H groups in total. The largest absolute Gasteiger partial charge is 0.343 e. The lowest BCUT2D eigenvalue weighted by Crippen LogP contribution is -2.59. The summed E-state index contributed by atoms with van der Waals surface area (Å²) in [6.45, 7) is 10.7. The van der Waals surface area contributed by atoms with Gasteiger partial charge in [0.05, 0.1) is 6.54 Å². The Labute approximate surface area is 128 Å². The Balaban J connectivity index is 1.89. The van der Waals surface area contributed by atoms with Crippen LogP contribution in [0.5, 0.6) is 0 Å². The van der Waals surface area contributed by atoms with Crippen LogP contribution in [-0.4, -0.2) is 60.4 Å². The third kappa shape index (κ3) is 4.43. The van der Waals surface area contributed by atoms with E-state index in [1.54, 1.807) is 4.90 Å². The number of carbonyl (C=O) groups is 2. The van der Waals surface area contributed by atoms with Gasteiger partial charge in [0.15, 0.2) is 0 Å². The molecule has 21 heavy (non-hydrogen) atoms. The van der Waals surface area contributed by atoms with Crippen molar-refractivity contribution in [3.63, 3.8) is 0 Å². The van der Waals surface area contributed by atoms with Gasteiger partial charge in [-0.25, -0.2) is 0 Å². The molecule has 5 heteroatoms. The summed E-state index contributed by atoms with van der Waals surface area (Å²) in [5.74, 6) is 1.06. The fourth-order valence-electron chi connectivity index (χ4n) is 3.36. The molecule has 0 aromatic heterocycles. The molecule has 0 saturated carbocycles. The van der Waals surface area contributed by atoms with E-state index in [9.17, 15) is 9.59 Å². The summed E-state index contributed by atoms with van der Waals surface area (Å²) in [5, 5.41) is 2.84. The average Bonchev–Trinajstić information content (AvgIpc) is 2.44. The number of nitrogens with zero attached hydrogens (tertiary/aromatic N) is 2. The van der Waals surface area contributed by atoms with E-state index in [0.29, 0.717) is 11.8 Å². The number of nitrogens with one attached hydrogen (secondary N) is 1. The molecule has 2 aliphatic rings. The standard InChI is InChI=1S/C16H29N3O2/c1-4-18-7-5-13(6-8-18)10-19-11-15(20)17-14(16(19)21)9-12(2)3/h12-14H,4-11H2,1-3H3,(H,17,20). The van der Waals surface area contributed by atoms with Gasteiger partial charge in [0.2, 0.25) is 11.8 Å². The fourth-order valence-corrected chi connectivity index (χ4v) is 3.36. The number of piperidine rings is 1. The summed E-state index contributed by atoms with van der Waals surface area (Å²) >= 11 is 0. The Hall–Kier alpha value is -1.10. The quantitative estimate of drug-likeness (QED) is 0.826. The van der Waals surface area contributed by atoms with Gasteiger partial charge >= 0.3 is 0 Å². The molecule has 0 aliphatic carbocycles. The van der Waals surface area contributed by atoms with E-state index in [1.165, 1.54) is 0 Å². The summed E-state index contributed by atoms with van der Waals surface area (Å²) < 4.78 is 0. The molecule has 5 nitrogen and oxygen atoms in total. The van der Waals surface area contributed by atoms with Crippen LogP contribution in [-0.2, 0) is 9.59 Å². The topological polar surface area (TPSA) is 52.6 Å². The summed E-state index contributed by atoms with van der Waals surface area (Å²) in [7, 11) is 0. The molecule has 1 atom stereocenters. The first kappa shape index (κ1) is 16.3. The van der Waals surface area contributed by atoms with Gasteiger partial charge in [0, 0.05) is 6.54 Å². The molecule has 2 fully saturated rings. The number of rotatable bonds is 5. The zero-order valence-electron chi connectivity index (χ0n) is 13.6. The maximum absolute atomic E-state index is 12.5. The van der Waals surface area contributed by atoms with Gasteiger partial charge in [0.25, 0.3) is 0 Å². The summed E-state index contributed by atoms with van der Waals surface area (Å²) in [5.41, 5.74) is 0. The Kier molecular flexibility index (Phi) is 5.62. The summed E-state index contributed by atoms with van der Waals surface area (Å²) in [6.07, 6.45) is 3.00. The van der Waals surface area contributed by atoms with Crippen molar-refractivity contribution in [2.75, 3.05) is 32.7 Å². The highest BCUT2D eigenvalue weighted by molar-refractivity contribution is 5.94. The minimum Gasteiger partial charge on any atom is -0.343 e. The SMILES string of the molecule is CCN1CCC(CN2CC(=O)NC(CC(C)C)C2=O)CC1. The maximum atomic E-state index is 12.5. The lowest BCUT2D eigenvalue weighted by atomic mass is 9.94. The minimum atomic E-state index is -0.318. The van der Waals surface area contributed by atoms with E-state index in [0.717, 1.165) is 45.4 Å². The second-order valence-electron chi connectivity index (χ2n) is 6.85. The first-order chi connectivity index (χ1) is 9.99. The van der Waals surface area contributed by atoms with Crippen LogP contribution >= 0.6 is 0 Å². The van der Waals surface area contributed by atoms with E-state index >= 15 is 0 Å². The zero-order chi connectivity index (χ0) is 15.4. The molecule has 2 amide bonds. The van der Waals surface area contributed by atoms with Crippen LogP contribution in [0.1, 0.15) is 40.0 Å². The van der Waals surface area contributed by atoms with Crippen LogP contribution in [0.3, 0.4) is 0 Å². The molecule has 2 aliphatic heterocycles. The Morgan fingerprint density at radius 3 is 2.48 bits per heavy atom. The number of hydrogen-bond acceptors (Lipinski definition) is 3. The van der Waals surface area contributed by atoms with Gasteiger partial charge in [-0.05, 0) is 50.7 Å². The molecular weight excluding hydrogens is 266 g/mol. The normalized spacial score (nSPS) is 25.5.